The Morgan fingerprint density at radius 3 is 2.50 bits per heavy atom. The molecular weight excluding hydrogens is 290 g/mol. The zero-order valence-electron chi connectivity index (χ0n) is 11.2. The number of anilines is 2. The molecule has 0 saturated carbocycles. The van der Waals surface area contributed by atoms with Crippen molar-refractivity contribution in [2.45, 2.75) is 20.3 Å². The van der Waals surface area contributed by atoms with Crippen molar-refractivity contribution in [2.24, 2.45) is 0 Å². The molecule has 1 aromatic carbocycles. The summed E-state index contributed by atoms with van der Waals surface area (Å²) in [5, 5.41) is 0. The largest absolute Gasteiger partial charge is 0.398 e. The summed E-state index contributed by atoms with van der Waals surface area (Å²) in [4.78, 5) is 4.98. The standard InChI is InChI=1S/C14H22BrN3/c1-3-4-17-5-7-18(8-6-17)14-9-11(2)13(16)10-12(14)15/h9-10H,3-8,16H2,1-2H3. The van der Waals surface area contributed by atoms with E-state index >= 15 is 0 Å². The van der Waals surface area contributed by atoms with E-state index in [9.17, 15) is 0 Å². The third-order valence-electron chi connectivity index (χ3n) is 3.59. The number of nitrogen functional groups attached to an aromatic ring is 1. The van der Waals surface area contributed by atoms with Crippen LogP contribution in [0.2, 0.25) is 0 Å². The average Bonchev–Trinajstić information content (AvgIpc) is 2.35. The van der Waals surface area contributed by atoms with Gasteiger partial charge in [-0.15, -0.1) is 0 Å². The zero-order chi connectivity index (χ0) is 13.1. The van der Waals surface area contributed by atoms with Crippen molar-refractivity contribution in [2.75, 3.05) is 43.4 Å². The molecule has 18 heavy (non-hydrogen) atoms. The number of hydrogen-bond donors (Lipinski definition) is 1. The Kier molecular flexibility index (Phi) is 4.51. The SMILES string of the molecule is CCCN1CCN(c2cc(C)c(N)cc2Br)CC1. The number of nitrogens with zero attached hydrogens (tertiary/aromatic N) is 2. The Bertz CT molecular complexity index is 412. The van der Waals surface area contributed by atoms with Gasteiger partial charge in [-0.25, -0.2) is 0 Å². The number of aryl methyl sites for hydroxylation is 1. The third kappa shape index (κ3) is 2.98. The van der Waals surface area contributed by atoms with Crippen LogP contribution in [0, 0.1) is 6.92 Å². The Hall–Kier alpha value is -0.740. The normalized spacial score (nSPS) is 17.2. The van der Waals surface area contributed by atoms with E-state index in [4.69, 9.17) is 5.73 Å². The summed E-state index contributed by atoms with van der Waals surface area (Å²) in [5.41, 5.74) is 9.21. The summed E-state index contributed by atoms with van der Waals surface area (Å²) in [6.45, 7) is 10.0. The van der Waals surface area contributed by atoms with E-state index in [2.05, 4.69) is 45.6 Å². The highest BCUT2D eigenvalue weighted by Gasteiger charge is 2.18. The predicted octanol–water partition coefficient (Wildman–Crippen LogP) is 2.87. The van der Waals surface area contributed by atoms with Crippen molar-refractivity contribution in [3.8, 4) is 0 Å². The predicted molar refractivity (Wildman–Crippen MR) is 82.2 cm³/mol. The van der Waals surface area contributed by atoms with Crippen molar-refractivity contribution < 1.29 is 0 Å². The molecule has 100 valence electrons. The second-order valence-electron chi connectivity index (χ2n) is 4.99. The van der Waals surface area contributed by atoms with Crippen LogP contribution in [0.4, 0.5) is 11.4 Å². The van der Waals surface area contributed by atoms with Gasteiger partial charge in [0.2, 0.25) is 0 Å². The topological polar surface area (TPSA) is 32.5 Å². The van der Waals surface area contributed by atoms with Crippen LogP contribution in [0.15, 0.2) is 16.6 Å². The highest BCUT2D eigenvalue weighted by Crippen LogP contribution is 2.31. The molecule has 0 aromatic heterocycles. The second-order valence-corrected chi connectivity index (χ2v) is 5.84. The summed E-state index contributed by atoms with van der Waals surface area (Å²) in [5.74, 6) is 0. The molecule has 1 saturated heterocycles. The number of piperazine rings is 1. The molecule has 1 aliphatic rings. The van der Waals surface area contributed by atoms with Gasteiger partial charge in [-0.1, -0.05) is 6.92 Å². The lowest BCUT2D eigenvalue weighted by Crippen LogP contribution is -2.46. The molecule has 4 heteroatoms. The van der Waals surface area contributed by atoms with E-state index in [0.717, 1.165) is 41.9 Å². The molecule has 2 N–H and O–H groups in total. The maximum Gasteiger partial charge on any atom is 0.0515 e. The first-order chi connectivity index (χ1) is 8.61. The van der Waals surface area contributed by atoms with E-state index in [1.165, 1.54) is 18.7 Å². The molecule has 0 atom stereocenters. The molecule has 1 heterocycles. The van der Waals surface area contributed by atoms with Crippen LogP contribution in [-0.2, 0) is 0 Å². The Balaban J connectivity index is 2.07. The number of halogens is 1. The van der Waals surface area contributed by atoms with Gasteiger partial charge in [-0.3, -0.25) is 4.90 Å². The monoisotopic (exact) mass is 311 g/mol. The van der Waals surface area contributed by atoms with Crippen LogP contribution in [-0.4, -0.2) is 37.6 Å². The molecule has 1 aromatic rings. The lowest BCUT2D eigenvalue weighted by molar-refractivity contribution is 0.258. The van der Waals surface area contributed by atoms with Crippen LogP contribution >= 0.6 is 15.9 Å². The van der Waals surface area contributed by atoms with Gasteiger partial charge in [-0.2, -0.15) is 0 Å². The van der Waals surface area contributed by atoms with Crippen molar-refractivity contribution >= 4 is 27.3 Å². The van der Waals surface area contributed by atoms with E-state index in [1.807, 2.05) is 6.07 Å². The maximum atomic E-state index is 5.92. The molecule has 0 spiro atoms. The van der Waals surface area contributed by atoms with Crippen LogP contribution < -0.4 is 10.6 Å². The van der Waals surface area contributed by atoms with Crippen molar-refractivity contribution in [3.05, 3.63) is 22.2 Å². The van der Waals surface area contributed by atoms with Gasteiger partial charge in [-0.05, 0) is 53.5 Å². The molecule has 1 aliphatic heterocycles. The Morgan fingerprint density at radius 2 is 1.89 bits per heavy atom. The number of hydrogen-bond acceptors (Lipinski definition) is 3. The van der Waals surface area contributed by atoms with Crippen LogP contribution in [0.1, 0.15) is 18.9 Å². The first-order valence-electron chi connectivity index (χ1n) is 6.64. The fourth-order valence-corrected chi connectivity index (χ4v) is 3.06. The number of benzene rings is 1. The highest BCUT2D eigenvalue weighted by molar-refractivity contribution is 9.10. The van der Waals surface area contributed by atoms with Crippen molar-refractivity contribution in [1.82, 2.24) is 4.90 Å². The van der Waals surface area contributed by atoms with Gasteiger partial charge in [0.05, 0.1) is 5.69 Å². The zero-order valence-corrected chi connectivity index (χ0v) is 12.8. The maximum absolute atomic E-state index is 5.92. The first-order valence-corrected chi connectivity index (χ1v) is 7.44. The first kappa shape index (κ1) is 13.7. The highest BCUT2D eigenvalue weighted by atomic mass is 79.9. The Morgan fingerprint density at radius 1 is 1.22 bits per heavy atom. The van der Waals surface area contributed by atoms with Gasteiger partial charge in [0.1, 0.15) is 0 Å². The molecule has 0 bridgehead atoms. The average molecular weight is 312 g/mol. The number of rotatable bonds is 3. The summed E-state index contributed by atoms with van der Waals surface area (Å²) in [6, 6.07) is 4.21. The van der Waals surface area contributed by atoms with Gasteiger partial charge < -0.3 is 10.6 Å². The van der Waals surface area contributed by atoms with Crippen LogP contribution in [0.25, 0.3) is 0 Å². The third-order valence-corrected chi connectivity index (χ3v) is 4.22. The van der Waals surface area contributed by atoms with E-state index in [0.29, 0.717) is 0 Å². The molecule has 3 nitrogen and oxygen atoms in total. The van der Waals surface area contributed by atoms with E-state index in [-0.39, 0.29) is 0 Å². The molecule has 0 unspecified atom stereocenters. The molecule has 0 radical (unpaired) electrons. The van der Waals surface area contributed by atoms with Gasteiger partial charge in [0, 0.05) is 36.3 Å². The molecule has 1 fully saturated rings. The Labute approximate surface area is 118 Å². The molecule has 2 rings (SSSR count). The minimum Gasteiger partial charge on any atom is -0.398 e. The summed E-state index contributed by atoms with van der Waals surface area (Å²) < 4.78 is 1.11. The van der Waals surface area contributed by atoms with Gasteiger partial charge in [0.15, 0.2) is 0 Å². The summed E-state index contributed by atoms with van der Waals surface area (Å²) in [7, 11) is 0. The minimum absolute atomic E-state index is 0.857. The molecule has 0 aliphatic carbocycles. The minimum atomic E-state index is 0.857. The smallest absolute Gasteiger partial charge is 0.0515 e. The summed E-state index contributed by atoms with van der Waals surface area (Å²) >= 11 is 3.63. The van der Waals surface area contributed by atoms with Crippen LogP contribution in [0.3, 0.4) is 0 Å². The second kappa shape index (κ2) is 5.93. The van der Waals surface area contributed by atoms with Crippen molar-refractivity contribution in [1.29, 1.82) is 0 Å². The van der Waals surface area contributed by atoms with Crippen molar-refractivity contribution in [3.63, 3.8) is 0 Å². The lowest BCUT2D eigenvalue weighted by atomic mass is 10.1. The van der Waals surface area contributed by atoms with Gasteiger partial charge >= 0.3 is 0 Å². The molecular formula is C14H22BrN3. The number of nitrogens with two attached hydrogens (primary N) is 1. The van der Waals surface area contributed by atoms with Crippen LogP contribution in [0.5, 0.6) is 0 Å². The fraction of sp³-hybridized carbons (Fsp3) is 0.571. The summed E-state index contributed by atoms with van der Waals surface area (Å²) in [6.07, 6.45) is 1.24. The quantitative estimate of drug-likeness (QED) is 0.871. The fourth-order valence-electron chi connectivity index (χ4n) is 2.45. The lowest BCUT2D eigenvalue weighted by Gasteiger charge is -2.36. The van der Waals surface area contributed by atoms with Gasteiger partial charge in [0.25, 0.3) is 0 Å². The van der Waals surface area contributed by atoms with E-state index < -0.39 is 0 Å². The molecule has 0 amide bonds. The van der Waals surface area contributed by atoms with E-state index in [1.54, 1.807) is 0 Å².